The van der Waals surface area contributed by atoms with Crippen LogP contribution in [0.15, 0.2) is 47.4 Å². The monoisotopic (exact) mass is 404 g/mol. The molecule has 27 heavy (non-hydrogen) atoms. The standard InChI is InChI=1S/C20H21ClN2O3S/c1-26-10-2-9-22-20(25)15-5-8-18-17(11-15)23(19(24)13-27-18)12-14-3-6-16(21)7-4-14/h3-8,11H,2,9-10,12-13H2,1H3,(H,22,25). The van der Waals surface area contributed by atoms with Crippen molar-refractivity contribution in [3.63, 3.8) is 0 Å². The Morgan fingerprint density at radius 2 is 2.04 bits per heavy atom. The molecule has 0 saturated heterocycles. The van der Waals surface area contributed by atoms with Gasteiger partial charge < -0.3 is 15.0 Å². The maximum Gasteiger partial charge on any atom is 0.251 e. The molecule has 1 aliphatic rings. The Kier molecular flexibility index (Phi) is 6.77. The van der Waals surface area contributed by atoms with Gasteiger partial charge >= 0.3 is 0 Å². The van der Waals surface area contributed by atoms with E-state index in [9.17, 15) is 9.59 Å². The smallest absolute Gasteiger partial charge is 0.251 e. The van der Waals surface area contributed by atoms with Crippen LogP contribution < -0.4 is 10.2 Å². The van der Waals surface area contributed by atoms with E-state index in [4.69, 9.17) is 16.3 Å². The van der Waals surface area contributed by atoms with Crippen molar-refractivity contribution in [2.75, 3.05) is 30.9 Å². The summed E-state index contributed by atoms with van der Waals surface area (Å²) in [7, 11) is 1.63. The SMILES string of the molecule is COCCCNC(=O)c1ccc2c(c1)N(Cc1ccc(Cl)cc1)C(=O)CS2. The molecule has 7 heteroatoms. The first kappa shape index (κ1) is 19.7. The van der Waals surface area contributed by atoms with Crippen LogP contribution in [-0.4, -0.2) is 37.8 Å². The van der Waals surface area contributed by atoms with E-state index in [2.05, 4.69) is 5.32 Å². The van der Waals surface area contributed by atoms with Gasteiger partial charge in [0.15, 0.2) is 0 Å². The number of carbonyl (C=O) groups excluding carboxylic acids is 2. The van der Waals surface area contributed by atoms with Crippen LogP contribution in [0.1, 0.15) is 22.3 Å². The Bertz CT molecular complexity index is 826. The second-order valence-electron chi connectivity index (χ2n) is 6.18. The van der Waals surface area contributed by atoms with Crippen LogP contribution in [0.5, 0.6) is 0 Å². The van der Waals surface area contributed by atoms with E-state index in [1.54, 1.807) is 24.1 Å². The fourth-order valence-electron chi connectivity index (χ4n) is 2.81. The average Bonchev–Trinajstić information content (AvgIpc) is 2.68. The molecule has 5 nitrogen and oxygen atoms in total. The molecule has 0 aromatic heterocycles. The van der Waals surface area contributed by atoms with E-state index in [-0.39, 0.29) is 11.8 Å². The van der Waals surface area contributed by atoms with E-state index in [0.29, 0.717) is 36.0 Å². The molecule has 1 aliphatic heterocycles. The van der Waals surface area contributed by atoms with Gasteiger partial charge in [-0.1, -0.05) is 23.7 Å². The molecule has 0 unspecified atom stereocenters. The van der Waals surface area contributed by atoms with Gasteiger partial charge in [-0.2, -0.15) is 0 Å². The Balaban J connectivity index is 1.79. The van der Waals surface area contributed by atoms with Crippen molar-refractivity contribution in [2.45, 2.75) is 17.9 Å². The normalized spacial score (nSPS) is 13.4. The Labute approximate surface area is 168 Å². The summed E-state index contributed by atoms with van der Waals surface area (Å²) in [5.74, 6) is 0.270. The van der Waals surface area contributed by atoms with Gasteiger partial charge in [-0.15, -0.1) is 11.8 Å². The average molecular weight is 405 g/mol. The third kappa shape index (κ3) is 5.03. The largest absolute Gasteiger partial charge is 0.385 e. The summed E-state index contributed by atoms with van der Waals surface area (Å²) in [6.07, 6.45) is 0.754. The highest BCUT2D eigenvalue weighted by Crippen LogP contribution is 2.37. The lowest BCUT2D eigenvalue weighted by Gasteiger charge is -2.29. The minimum atomic E-state index is -0.150. The first-order valence-electron chi connectivity index (χ1n) is 8.67. The Morgan fingerprint density at radius 1 is 1.26 bits per heavy atom. The molecular weight excluding hydrogens is 384 g/mol. The number of hydrogen-bond donors (Lipinski definition) is 1. The maximum absolute atomic E-state index is 12.5. The number of benzene rings is 2. The number of halogens is 1. The molecule has 0 fully saturated rings. The summed E-state index contributed by atoms with van der Waals surface area (Å²) in [6.45, 7) is 1.60. The van der Waals surface area contributed by atoms with Crippen molar-refractivity contribution >= 4 is 40.9 Å². The van der Waals surface area contributed by atoms with Crippen LogP contribution in [0.2, 0.25) is 5.02 Å². The predicted octanol–water partition coefficient (Wildman–Crippen LogP) is 3.75. The molecule has 1 N–H and O–H groups in total. The Hall–Kier alpha value is -2.02. The summed E-state index contributed by atoms with van der Waals surface area (Å²) in [4.78, 5) is 27.7. The number of carbonyl (C=O) groups is 2. The van der Waals surface area contributed by atoms with Crippen molar-refractivity contribution < 1.29 is 14.3 Å². The molecule has 0 radical (unpaired) electrons. The van der Waals surface area contributed by atoms with Crippen LogP contribution in [0.3, 0.4) is 0 Å². The predicted molar refractivity (Wildman–Crippen MR) is 109 cm³/mol. The van der Waals surface area contributed by atoms with Crippen LogP contribution in [0, 0.1) is 0 Å². The number of ether oxygens (including phenoxy) is 1. The molecule has 2 aromatic carbocycles. The lowest BCUT2D eigenvalue weighted by Crippen LogP contribution is -2.35. The number of amides is 2. The van der Waals surface area contributed by atoms with Crippen LogP contribution >= 0.6 is 23.4 Å². The fraction of sp³-hybridized carbons (Fsp3) is 0.300. The van der Waals surface area contributed by atoms with Gasteiger partial charge in [-0.25, -0.2) is 0 Å². The van der Waals surface area contributed by atoms with E-state index < -0.39 is 0 Å². The van der Waals surface area contributed by atoms with Crippen molar-refractivity contribution in [1.82, 2.24) is 5.32 Å². The van der Waals surface area contributed by atoms with Gasteiger partial charge in [0.2, 0.25) is 5.91 Å². The van der Waals surface area contributed by atoms with E-state index >= 15 is 0 Å². The van der Waals surface area contributed by atoms with Gasteiger partial charge in [0.05, 0.1) is 18.0 Å². The number of nitrogens with zero attached hydrogens (tertiary/aromatic N) is 1. The van der Waals surface area contributed by atoms with Gasteiger partial charge in [-0.3, -0.25) is 9.59 Å². The number of anilines is 1. The summed E-state index contributed by atoms with van der Waals surface area (Å²) >= 11 is 7.44. The van der Waals surface area contributed by atoms with Gasteiger partial charge in [0, 0.05) is 35.7 Å². The van der Waals surface area contributed by atoms with E-state index in [0.717, 1.165) is 22.6 Å². The van der Waals surface area contributed by atoms with Crippen molar-refractivity contribution in [3.05, 3.63) is 58.6 Å². The number of methoxy groups -OCH3 is 1. The topological polar surface area (TPSA) is 58.6 Å². The fourth-order valence-corrected chi connectivity index (χ4v) is 3.85. The highest BCUT2D eigenvalue weighted by molar-refractivity contribution is 8.00. The van der Waals surface area contributed by atoms with Crippen LogP contribution in [-0.2, 0) is 16.1 Å². The molecular formula is C20H21ClN2O3S. The molecule has 0 bridgehead atoms. The van der Waals surface area contributed by atoms with Crippen LogP contribution in [0.25, 0.3) is 0 Å². The summed E-state index contributed by atoms with van der Waals surface area (Å²) < 4.78 is 4.99. The zero-order chi connectivity index (χ0) is 19.2. The first-order chi connectivity index (χ1) is 13.1. The molecule has 0 spiro atoms. The minimum absolute atomic E-state index is 0.0279. The second-order valence-corrected chi connectivity index (χ2v) is 7.63. The molecule has 0 atom stereocenters. The number of nitrogens with one attached hydrogen (secondary N) is 1. The highest BCUT2D eigenvalue weighted by Gasteiger charge is 2.26. The lowest BCUT2D eigenvalue weighted by atomic mass is 10.1. The highest BCUT2D eigenvalue weighted by atomic mass is 35.5. The van der Waals surface area contributed by atoms with E-state index in [1.807, 2.05) is 30.3 Å². The zero-order valence-electron chi connectivity index (χ0n) is 15.0. The lowest BCUT2D eigenvalue weighted by molar-refractivity contribution is -0.116. The minimum Gasteiger partial charge on any atom is -0.385 e. The first-order valence-corrected chi connectivity index (χ1v) is 10.0. The molecule has 0 aliphatic carbocycles. The third-order valence-corrected chi connectivity index (χ3v) is 5.53. The molecule has 2 aromatic rings. The number of fused-ring (bicyclic) bond motifs is 1. The quantitative estimate of drug-likeness (QED) is 0.714. The molecule has 0 saturated carbocycles. The molecule has 2 amide bonds. The number of rotatable bonds is 7. The van der Waals surface area contributed by atoms with Crippen molar-refractivity contribution in [1.29, 1.82) is 0 Å². The summed E-state index contributed by atoms with van der Waals surface area (Å²) in [5.41, 5.74) is 2.30. The third-order valence-electron chi connectivity index (χ3n) is 4.23. The number of thioether (sulfide) groups is 1. The maximum atomic E-state index is 12.5. The number of hydrogen-bond acceptors (Lipinski definition) is 4. The molecule has 3 rings (SSSR count). The Morgan fingerprint density at radius 3 is 2.78 bits per heavy atom. The summed E-state index contributed by atoms with van der Waals surface area (Å²) in [5, 5.41) is 3.54. The zero-order valence-corrected chi connectivity index (χ0v) is 16.6. The molecule has 1 heterocycles. The van der Waals surface area contributed by atoms with Crippen molar-refractivity contribution in [2.24, 2.45) is 0 Å². The van der Waals surface area contributed by atoms with Gasteiger partial charge in [0.1, 0.15) is 0 Å². The van der Waals surface area contributed by atoms with Crippen LogP contribution in [0.4, 0.5) is 5.69 Å². The van der Waals surface area contributed by atoms with E-state index in [1.165, 1.54) is 11.8 Å². The summed E-state index contributed by atoms with van der Waals surface area (Å²) in [6, 6.07) is 12.9. The van der Waals surface area contributed by atoms with Gasteiger partial charge in [0.25, 0.3) is 5.91 Å². The second kappa shape index (κ2) is 9.26. The van der Waals surface area contributed by atoms with Gasteiger partial charge in [-0.05, 0) is 42.3 Å². The molecule has 142 valence electrons. The van der Waals surface area contributed by atoms with Crippen molar-refractivity contribution in [3.8, 4) is 0 Å².